The van der Waals surface area contributed by atoms with E-state index in [2.05, 4.69) is 15.9 Å². The predicted octanol–water partition coefficient (Wildman–Crippen LogP) is 4.66. The molecule has 3 aliphatic rings. The molecule has 38 heavy (non-hydrogen) atoms. The van der Waals surface area contributed by atoms with Crippen molar-refractivity contribution in [1.82, 2.24) is 10.0 Å². The number of hydrazine groups is 1. The van der Waals surface area contributed by atoms with E-state index < -0.39 is 41.7 Å². The molecule has 7 rings (SSSR count). The third-order valence-electron chi connectivity index (χ3n) is 7.24. The van der Waals surface area contributed by atoms with E-state index in [4.69, 9.17) is 4.84 Å². The summed E-state index contributed by atoms with van der Waals surface area (Å²) in [7, 11) is 0. The van der Waals surface area contributed by atoms with E-state index >= 15 is 0 Å². The first-order valence-corrected chi connectivity index (χ1v) is 12.8. The summed E-state index contributed by atoms with van der Waals surface area (Å²) in [5.41, 5.74) is 1.92. The summed E-state index contributed by atoms with van der Waals surface area (Å²) < 4.78 is 0.797. The Balaban J connectivity index is 1.33. The molecule has 0 spiro atoms. The van der Waals surface area contributed by atoms with Crippen LogP contribution < -0.4 is 5.06 Å². The van der Waals surface area contributed by atoms with Gasteiger partial charge in [-0.05, 0) is 47.3 Å². The first-order valence-electron chi connectivity index (χ1n) is 12.0. The fraction of sp³-hybridized carbons (Fsp3) is 0.103. The van der Waals surface area contributed by atoms with Crippen molar-refractivity contribution in [3.8, 4) is 0 Å². The molecule has 4 aromatic carbocycles. The summed E-state index contributed by atoms with van der Waals surface area (Å²) in [6.07, 6.45) is -1.21. The highest BCUT2D eigenvalue weighted by Crippen LogP contribution is 2.48. The zero-order valence-corrected chi connectivity index (χ0v) is 21.2. The standard InChI is InChI=1S/C29H18BrN3O5/c30-18-10-4-9-17(15-18)24-23-25(38-33(24)19-11-2-1-3-12-19)29(37)32(28(23)36)31-26(34)20-13-5-7-16-8-6-14-21(22(16)20)27(31)35/h1-15,23-25H/t23-,24-,25+/m1/s1. The van der Waals surface area contributed by atoms with Crippen LogP contribution in [0.3, 0.4) is 0 Å². The van der Waals surface area contributed by atoms with Gasteiger partial charge in [0.25, 0.3) is 23.6 Å². The quantitative estimate of drug-likeness (QED) is 0.335. The first-order chi connectivity index (χ1) is 18.5. The molecular weight excluding hydrogens is 550 g/mol. The zero-order valence-electron chi connectivity index (χ0n) is 19.7. The van der Waals surface area contributed by atoms with Crippen molar-refractivity contribution < 1.29 is 24.0 Å². The van der Waals surface area contributed by atoms with Crippen molar-refractivity contribution in [1.29, 1.82) is 0 Å². The molecule has 3 heterocycles. The van der Waals surface area contributed by atoms with E-state index in [1.807, 2.05) is 66.7 Å². The van der Waals surface area contributed by atoms with Crippen molar-refractivity contribution in [2.45, 2.75) is 12.1 Å². The highest BCUT2D eigenvalue weighted by Gasteiger charge is 2.63. The number of para-hydroxylation sites is 1. The summed E-state index contributed by atoms with van der Waals surface area (Å²) in [5, 5.41) is 4.17. The lowest BCUT2D eigenvalue weighted by Crippen LogP contribution is -2.55. The van der Waals surface area contributed by atoms with Crippen molar-refractivity contribution >= 4 is 56.0 Å². The Hall–Kier alpha value is -4.34. The van der Waals surface area contributed by atoms with Gasteiger partial charge in [0.15, 0.2) is 6.10 Å². The minimum atomic E-state index is -1.21. The van der Waals surface area contributed by atoms with Gasteiger partial charge in [-0.25, -0.2) is 5.06 Å². The van der Waals surface area contributed by atoms with E-state index in [1.54, 1.807) is 29.3 Å². The number of amides is 4. The molecule has 0 aliphatic carbocycles. The molecule has 2 fully saturated rings. The summed E-state index contributed by atoms with van der Waals surface area (Å²) in [4.78, 5) is 61.1. The fourth-order valence-corrected chi connectivity index (χ4v) is 6.04. The highest BCUT2D eigenvalue weighted by molar-refractivity contribution is 9.10. The Morgan fingerprint density at radius 3 is 2.00 bits per heavy atom. The Morgan fingerprint density at radius 2 is 1.34 bits per heavy atom. The number of carbonyl (C=O) groups is 4. The number of fused-ring (bicyclic) bond motifs is 1. The summed E-state index contributed by atoms with van der Waals surface area (Å²) in [6.45, 7) is 0. The number of anilines is 1. The van der Waals surface area contributed by atoms with Crippen LogP contribution in [0.25, 0.3) is 10.8 Å². The Bertz CT molecular complexity index is 1640. The molecule has 0 radical (unpaired) electrons. The van der Waals surface area contributed by atoms with Crippen molar-refractivity contribution in [2.24, 2.45) is 5.92 Å². The smallest absolute Gasteiger partial charge is 0.272 e. The molecule has 3 aliphatic heterocycles. The van der Waals surface area contributed by atoms with Crippen LogP contribution in [-0.4, -0.2) is 39.8 Å². The molecule has 2 saturated heterocycles. The molecular formula is C29H18BrN3O5. The van der Waals surface area contributed by atoms with Gasteiger partial charge in [-0.15, -0.1) is 0 Å². The summed E-state index contributed by atoms with van der Waals surface area (Å²) in [5.74, 6) is -3.85. The van der Waals surface area contributed by atoms with Crippen LogP contribution in [0.5, 0.6) is 0 Å². The van der Waals surface area contributed by atoms with Crippen LogP contribution in [-0.2, 0) is 14.4 Å². The summed E-state index contributed by atoms with van der Waals surface area (Å²) in [6, 6.07) is 26.2. The molecule has 0 bridgehead atoms. The fourth-order valence-electron chi connectivity index (χ4n) is 5.62. The SMILES string of the molecule is O=C1c2cccc3cccc(c23)C(=O)N1N1C(=O)[C@H]2[C@H](ON(c3ccccc3)[C@@H]2c2cccc(Br)c2)C1=O. The Kier molecular flexibility index (Phi) is 5.01. The third kappa shape index (κ3) is 3.12. The van der Waals surface area contributed by atoms with E-state index in [0.717, 1.165) is 15.4 Å². The molecule has 4 amide bonds. The zero-order chi connectivity index (χ0) is 26.1. The lowest BCUT2D eigenvalue weighted by molar-refractivity contribution is -0.154. The maximum absolute atomic E-state index is 14.0. The second kappa shape index (κ2) is 8.34. The van der Waals surface area contributed by atoms with Gasteiger partial charge in [0.1, 0.15) is 5.92 Å². The highest BCUT2D eigenvalue weighted by atomic mass is 79.9. The normalized spacial score (nSPS) is 22.6. The number of hydroxylamine groups is 1. The van der Waals surface area contributed by atoms with Crippen molar-refractivity contribution in [2.75, 3.05) is 5.06 Å². The number of hydrogen-bond acceptors (Lipinski definition) is 6. The van der Waals surface area contributed by atoms with Crippen LogP contribution in [0.1, 0.15) is 32.3 Å². The van der Waals surface area contributed by atoms with Crippen LogP contribution in [0.15, 0.2) is 95.5 Å². The van der Waals surface area contributed by atoms with Gasteiger partial charge in [-0.1, -0.05) is 70.5 Å². The summed E-state index contributed by atoms with van der Waals surface area (Å²) >= 11 is 3.49. The topological polar surface area (TPSA) is 87.2 Å². The molecule has 4 aromatic rings. The van der Waals surface area contributed by atoms with Crippen LogP contribution >= 0.6 is 15.9 Å². The second-order valence-corrected chi connectivity index (χ2v) is 10.2. The number of rotatable bonds is 3. The molecule has 0 aromatic heterocycles. The molecule has 0 unspecified atom stereocenters. The lowest BCUT2D eigenvalue weighted by atomic mass is 9.90. The molecule has 186 valence electrons. The average Bonchev–Trinajstić information content (AvgIpc) is 3.44. The minimum absolute atomic E-state index is 0.255. The molecule has 0 saturated carbocycles. The van der Waals surface area contributed by atoms with Gasteiger partial charge in [0.2, 0.25) is 0 Å². The maximum Gasteiger partial charge on any atom is 0.281 e. The monoisotopic (exact) mass is 567 g/mol. The number of hydrogen-bond donors (Lipinski definition) is 0. The Labute approximate surface area is 225 Å². The second-order valence-electron chi connectivity index (χ2n) is 9.33. The van der Waals surface area contributed by atoms with Gasteiger partial charge in [0.05, 0.1) is 22.9 Å². The van der Waals surface area contributed by atoms with Crippen LogP contribution in [0.4, 0.5) is 5.69 Å². The first kappa shape index (κ1) is 22.8. The van der Waals surface area contributed by atoms with Crippen molar-refractivity contribution in [3.05, 3.63) is 112 Å². The maximum atomic E-state index is 14.0. The van der Waals surface area contributed by atoms with Crippen LogP contribution in [0.2, 0.25) is 0 Å². The van der Waals surface area contributed by atoms with Crippen molar-refractivity contribution in [3.63, 3.8) is 0 Å². The van der Waals surface area contributed by atoms with E-state index in [0.29, 0.717) is 21.1 Å². The largest absolute Gasteiger partial charge is 0.281 e. The number of benzene rings is 4. The van der Waals surface area contributed by atoms with Gasteiger partial charge in [0, 0.05) is 9.86 Å². The number of carbonyl (C=O) groups excluding carboxylic acids is 4. The van der Waals surface area contributed by atoms with Gasteiger partial charge in [-0.3, -0.25) is 24.0 Å². The Morgan fingerprint density at radius 1 is 0.684 bits per heavy atom. The number of imide groups is 2. The molecule has 3 atom stereocenters. The van der Waals surface area contributed by atoms with E-state index in [9.17, 15) is 19.2 Å². The molecule has 0 N–H and O–H groups in total. The molecule has 9 heteroatoms. The average molecular weight is 568 g/mol. The predicted molar refractivity (Wildman–Crippen MR) is 140 cm³/mol. The van der Waals surface area contributed by atoms with Gasteiger partial charge >= 0.3 is 0 Å². The third-order valence-corrected chi connectivity index (χ3v) is 7.74. The molecule has 8 nitrogen and oxygen atoms in total. The van der Waals surface area contributed by atoms with Crippen LogP contribution in [0, 0.1) is 5.92 Å². The van der Waals surface area contributed by atoms with E-state index in [-0.39, 0.29) is 11.1 Å². The van der Waals surface area contributed by atoms with Gasteiger partial charge in [-0.2, -0.15) is 10.0 Å². The lowest BCUT2D eigenvalue weighted by Gasteiger charge is -2.34. The number of halogens is 1. The minimum Gasteiger partial charge on any atom is -0.272 e. The van der Waals surface area contributed by atoms with Gasteiger partial charge < -0.3 is 0 Å². The van der Waals surface area contributed by atoms with E-state index in [1.165, 1.54) is 0 Å². The number of nitrogens with zero attached hydrogens (tertiary/aromatic N) is 3.